The molecule has 20 heavy (non-hydrogen) atoms. The number of halogens is 1. The van der Waals surface area contributed by atoms with Crippen molar-refractivity contribution in [3.8, 4) is 5.75 Å². The number of carbonyl (C=O) groups is 1. The summed E-state index contributed by atoms with van der Waals surface area (Å²) in [6, 6.07) is 9.62. The van der Waals surface area contributed by atoms with Crippen LogP contribution in [0.5, 0.6) is 5.75 Å². The first-order chi connectivity index (χ1) is 9.72. The average Bonchev–Trinajstić information content (AvgIpc) is 2.90. The van der Waals surface area contributed by atoms with Gasteiger partial charge in [0, 0.05) is 14.7 Å². The number of thiophene rings is 1. The molecule has 0 radical (unpaired) electrons. The molecule has 0 aliphatic carbocycles. The minimum atomic E-state index is -0.492. The van der Waals surface area contributed by atoms with Crippen LogP contribution >= 0.6 is 27.3 Å². The summed E-state index contributed by atoms with van der Waals surface area (Å²) in [6.07, 6.45) is -0.492. The zero-order valence-electron chi connectivity index (χ0n) is 10.6. The van der Waals surface area contributed by atoms with Crippen molar-refractivity contribution in [2.45, 2.75) is 12.6 Å². The van der Waals surface area contributed by atoms with Crippen molar-refractivity contribution >= 4 is 38.9 Å². The molecule has 1 aliphatic heterocycles. The Balaban J connectivity index is 1.59. The van der Waals surface area contributed by atoms with E-state index in [2.05, 4.69) is 26.6 Å². The Kier molecular flexibility index (Phi) is 3.93. The highest BCUT2D eigenvalue weighted by molar-refractivity contribution is 9.10. The van der Waals surface area contributed by atoms with Gasteiger partial charge in [0.05, 0.1) is 18.8 Å². The Morgan fingerprint density at radius 1 is 1.50 bits per heavy atom. The molecule has 0 bridgehead atoms. The summed E-state index contributed by atoms with van der Waals surface area (Å²) >= 11 is 5.01. The quantitative estimate of drug-likeness (QED) is 0.892. The largest absolute Gasteiger partial charge is 0.477 e. The predicted octanol–water partition coefficient (Wildman–Crippen LogP) is 3.00. The number of benzene rings is 1. The van der Waals surface area contributed by atoms with E-state index in [4.69, 9.17) is 4.74 Å². The minimum Gasteiger partial charge on any atom is -0.477 e. The molecule has 1 aliphatic rings. The van der Waals surface area contributed by atoms with E-state index in [-0.39, 0.29) is 5.91 Å². The number of hydrogen-bond acceptors (Lipinski definition) is 4. The van der Waals surface area contributed by atoms with Gasteiger partial charge in [0.25, 0.3) is 5.91 Å². The number of anilines is 1. The maximum Gasteiger partial charge on any atom is 0.263 e. The Hall–Kier alpha value is -1.53. The fourth-order valence-electron chi connectivity index (χ4n) is 1.99. The monoisotopic (exact) mass is 352 g/mol. The van der Waals surface area contributed by atoms with Gasteiger partial charge in [-0.15, -0.1) is 11.3 Å². The molecule has 0 spiro atoms. The lowest BCUT2D eigenvalue weighted by Crippen LogP contribution is -2.44. The number of para-hydroxylation sites is 2. The molecular formula is C14H13BrN2O2S. The van der Waals surface area contributed by atoms with Gasteiger partial charge in [-0.05, 0) is 34.1 Å². The van der Waals surface area contributed by atoms with Crippen LogP contribution in [0.3, 0.4) is 0 Å². The molecule has 3 rings (SSSR count). The molecule has 104 valence electrons. The molecule has 0 fully saturated rings. The number of nitrogens with one attached hydrogen (secondary N) is 2. The lowest BCUT2D eigenvalue weighted by Gasteiger charge is -2.26. The zero-order valence-corrected chi connectivity index (χ0v) is 13.0. The number of rotatable bonds is 3. The zero-order chi connectivity index (χ0) is 13.9. The Labute approximate surface area is 129 Å². The van der Waals surface area contributed by atoms with Gasteiger partial charge >= 0.3 is 0 Å². The smallest absolute Gasteiger partial charge is 0.263 e. The van der Waals surface area contributed by atoms with Crippen molar-refractivity contribution in [3.05, 3.63) is 45.1 Å². The normalized spacial score (nSPS) is 16.8. The van der Waals surface area contributed by atoms with Crippen LogP contribution in [0.25, 0.3) is 0 Å². The number of hydrogen-bond donors (Lipinski definition) is 2. The third-order valence-corrected chi connectivity index (χ3v) is 4.68. The topological polar surface area (TPSA) is 50.4 Å². The second-order valence-electron chi connectivity index (χ2n) is 4.43. The Morgan fingerprint density at radius 2 is 2.35 bits per heavy atom. The highest BCUT2D eigenvalue weighted by Crippen LogP contribution is 2.28. The summed E-state index contributed by atoms with van der Waals surface area (Å²) in [5, 5.41) is 8.10. The highest BCUT2D eigenvalue weighted by Gasteiger charge is 2.25. The molecule has 2 aromatic rings. The van der Waals surface area contributed by atoms with E-state index in [0.717, 1.165) is 20.8 Å². The van der Waals surface area contributed by atoms with Crippen molar-refractivity contribution < 1.29 is 9.53 Å². The van der Waals surface area contributed by atoms with Crippen LogP contribution in [0, 0.1) is 0 Å². The number of carbonyl (C=O) groups excluding carboxylic acids is 1. The van der Waals surface area contributed by atoms with Crippen molar-refractivity contribution in [2.75, 3.05) is 11.9 Å². The summed E-state index contributed by atoms with van der Waals surface area (Å²) < 4.78 is 6.75. The molecular weight excluding hydrogens is 340 g/mol. The van der Waals surface area contributed by atoms with E-state index in [0.29, 0.717) is 13.1 Å². The molecule has 1 amide bonds. The van der Waals surface area contributed by atoms with Crippen molar-refractivity contribution in [1.82, 2.24) is 5.32 Å². The van der Waals surface area contributed by atoms with Gasteiger partial charge in [0.1, 0.15) is 5.75 Å². The van der Waals surface area contributed by atoms with E-state index < -0.39 is 6.10 Å². The fourth-order valence-corrected chi connectivity index (χ4v) is 3.38. The van der Waals surface area contributed by atoms with Crippen LogP contribution in [0.4, 0.5) is 5.69 Å². The molecule has 1 unspecified atom stereocenters. The van der Waals surface area contributed by atoms with Crippen LogP contribution in [-0.4, -0.2) is 18.6 Å². The van der Waals surface area contributed by atoms with Gasteiger partial charge in [-0.1, -0.05) is 12.1 Å². The van der Waals surface area contributed by atoms with E-state index in [1.165, 1.54) is 0 Å². The van der Waals surface area contributed by atoms with Crippen LogP contribution in [0.15, 0.2) is 40.2 Å². The maximum absolute atomic E-state index is 12.1. The van der Waals surface area contributed by atoms with Crippen LogP contribution in [0.2, 0.25) is 0 Å². The average molecular weight is 353 g/mol. The van der Waals surface area contributed by atoms with Gasteiger partial charge in [-0.3, -0.25) is 4.79 Å². The lowest BCUT2D eigenvalue weighted by atomic mass is 10.2. The van der Waals surface area contributed by atoms with Gasteiger partial charge in [0.2, 0.25) is 0 Å². The van der Waals surface area contributed by atoms with E-state index in [1.807, 2.05) is 35.7 Å². The van der Waals surface area contributed by atoms with Crippen molar-refractivity contribution in [3.63, 3.8) is 0 Å². The van der Waals surface area contributed by atoms with E-state index in [9.17, 15) is 4.79 Å². The summed E-state index contributed by atoms with van der Waals surface area (Å²) in [5.74, 6) is 0.620. The first kappa shape index (κ1) is 13.5. The van der Waals surface area contributed by atoms with Crippen molar-refractivity contribution in [1.29, 1.82) is 0 Å². The molecule has 1 aromatic heterocycles. The second-order valence-corrected chi connectivity index (χ2v) is 6.34. The predicted molar refractivity (Wildman–Crippen MR) is 83.2 cm³/mol. The van der Waals surface area contributed by atoms with Gasteiger partial charge in [-0.2, -0.15) is 0 Å². The number of amides is 1. The Morgan fingerprint density at radius 3 is 3.15 bits per heavy atom. The first-order valence-electron chi connectivity index (χ1n) is 6.22. The number of fused-ring (bicyclic) bond motifs is 1. The molecule has 0 saturated carbocycles. The SMILES string of the molecule is O=C(NCc1cc(Br)cs1)C1CNc2ccccc2O1. The Bertz CT molecular complexity index is 629. The standard InChI is InChI=1S/C14H13BrN2O2S/c15-9-5-10(20-8-9)6-17-14(18)13-7-16-11-3-1-2-4-12(11)19-13/h1-5,8,13,16H,6-7H2,(H,17,18). The summed E-state index contributed by atoms with van der Waals surface area (Å²) in [4.78, 5) is 13.2. The molecule has 1 atom stereocenters. The van der Waals surface area contributed by atoms with E-state index >= 15 is 0 Å². The molecule has 2 N–H and O–H groups in total. The third kappa shape index (κ3) is 2.96. The van der Waals surface area contributed by atoms with Crippen molar-refractivity contribution in [2.24, 2.45) is 0 Å². The summed E-state index contributed by atoms with van der Waals surface area (Å²) in [5.41, 5.74) is 0.929. The lowest BCUT2D eigenvalue weighted by molar-refractivity contribution is -0.127. The summed E-state index contributed by atoms with van der Waals surface area (Å²) in [6.45, 7) is 1.01. The fraction of sp³-hybridized carbons (Fsp3) is 0.214. The van der Waals surface area contributed by atoms with E-state index in [1.54, 1.807) is 11.3 Å². The molecule has 0 saturated heterocycles. The molecule has 4 nitrogen and oxygen atoms in total. The second kappa shape index (κ2) is 5.85. The van der Waals surface area contributed by atoms with Gasteiger partial charge < -0.3 is 15.4 Å². The molecule has 1 aromatic carbocycles. The van der Waals surface area contributed by atoms with Gasteiger partial charge in [0.15, 0.2) is 6.10 Å². The van der Waals surface area contributed by atoms with Crippen LogP contribution < -0.4 is 15.4 Å². The minimum absolute atomic E-state index is 0.100. The summed E-state index contributed by atoms with van der Waals surface area (Å²) in [7, 11) is 0. The van der Waals surface area contributed by atoms with Crippen LogP contribution in [0.1, 0.15) is 4.88 Å². The highest BCUT2D eigenvalue weighted by atomic mass is 79.9. The first-order valence-corrected chi connectivity index (χ1v) is 7.90. The maximum atomic E-state index is 12.1. The van der Waals surface area contributed by atoms with Gasteiger partial charge in [-0.25, -0.2) is 0 Å². The molecule has 2 heterocycles. The molecule has 6 heteroatoms. The third-order valence-electron chi connectivity index (χ3n) is 2.99. The number of ether oxygens (including phenoxy) is 1. The van der Waals surface area contributed by atoms with Crippen LogP contribution in [-0.2, 0) is 11.3 Å².